The van der Waals surface area contributed by atoms with Crippen molar-refractivity contribution in [3.05, 3.63) is 24.5 Å². The first-order valence-electron chi connectivity index (χ1n) is 4.03. The monoisotopic (exact) mass is 231 g/mol. The average Bonchev–Trinajstić information content (AvgIpc) is 2.15. The van der Waals surface area contributed by atoms with Crippen LogP contribution in [0.1, 0.15) is 6.42 Å². The first kappa shape index (κ1) is 11.6. The smallest absolute Gasteiger partial charge is 0.312 e. The number of aromatic nitrogens is 1. The van der Waals surface area contributed by atoms with Gasteiger partial charge in [0.25, 0.3) is 10.1 Å². The van der Waals surface area contributed by atoms with Crippen molar-refractivity contribution in [1.82, 2.24) is 4.98 Å². The summed E-state index contributed by atoms with van der Waals surface area (Å²) in [4.78, 5) is 14.8. The summed E-state index contributed by atoms with van der Waals surface area (Å²) in [5.74, 6) is -1.08. The van der Waals surface area contributed by atoms with Crippen LogP contribution in [0.4, 0.5) is 0 Å². The van der Waals surface area contributed by atoms with Gasteiger partial charge in [0.05, 0.1) is 12.2 Å². The third kappa shape index (κ3) is 5.08. The summed E-state index contributed by atoms with van der Waals surface area (Å²) in [6.07, 6.45) is 2.48. The van der Waals surface area contributed by atoms with E-state index in [2.05, 4.69) is 4.98 Å². The first-order chi connectivity index (χ1) is 6.97. The molecular weight excluding hydrogens is 222 g/mol. The van der Waals surface area contributed by atoms with Crippen LogP contribution in [0.15, 0.2) is 24.5 Å². The molecule has 82 valence electrons. The highest BCUT2D eigenvalue weighted by atomic mass is 32.2. The standard InChI is InChI=1S/C8H9NO5S/c10-8(3-6-15(11,12)13)14-7-1-4-9-5-2-7/h1-2,4-5H,3,6H2,(H,11,12,13). The van der Waals surface area contributed by atoms with Crippen LogP contribution in [-0.4, -0.2) is 29.7 Å². The van der Waals surface area contributed by atoms with Crippen molar-refractivity contribution in [2.75, 3.05) is 5.75 Å². The highest BCUT2D eigenvalue weighted by Crippen LogP contribution is 2.07. The molecule has 0 saturated heterocycles. The Morgan fingerprint density at radius 2 is 2.00 bits per heavy atom. The molecular formula is C8H9NO5S. The van der Waals surface area contributed by atoms with Gasteiger partial charge in [-0.15, -0.1) is 0 Å². The number of hydrogen-bond donors (Lipinski definition) is 1. The molecule has 0 aliphatic rings. The zero-order valence-electron chi connectivity index (χ0n) is 7.66. The molecule has 1 heterocycles. The minimum Gasteiger partial charge on any atom is -0.426 e. The van der Waals surface area contributed by atoms with Gasteiger partial charge in [0.15, 0.2) is 0 Å². The molecule has 0 saturated carbocycles. The largest absolute Gasteiger partial charge is 0.426 e. The van der Waals surface area contributed by atoms with Crippen LogP contribution in [0.25, 0.3) is 0 Å². The quantitative estimate of drug-likeness (QED) is 0.590. The molecule has 0 bridgehead atoms. The fourth-order valence-corrected chi connectivity index (χ4v) is 1.23. The van der Waals surface area contributed by atoms with Gasteiger partial charge in [-0.05, 0) is 12.1 Å². The molecule has 0 aromatic carbocycles. The van der Waals surface area contributed by atoms with Gasteiger partial charge >= 0.3 is 5.97 Å². The minimum atomic E-state index is -4.12. The Hall–Kier alpha value is -1.47. The fourth-order valence-electron chi connectivity index (χ4n) is 0.801. The van der Waals surface area contributed by atoms with Crippen molar-refractivity contribution in [1.29, 1.82) is 0 Å². The van der Waals surface area contributed by atoms with E-state index in [1.165, 1.54) is 24.5 Å². The molecule has 0 spiro atoms. The van der Waals surface area contributed by atoms with Crippen LogP contribution in [0.3, 0.4) is 0 Å². The molecule has 7 heteroatoms. The Morgan fingerprint density at radius 3 is 2.53 bits per heavy atom. The number of ether oxygens (including phenoxy) is 1. The van der Waals surface area contributed by atoms with Gasteiger partial charge in [0.1, 0.15) is 5.75 Å². The first-order valence-corrected chi connectivity index (χ1v) is 5.64. The van der Waals surface area contributed by atoms with Crippen molar-refractivity contribution in [3.63, 3.8) is 0 Å². The van der Waals surface area contributed by atoms with Crippen LogP contribution in [0.2, 0.25) is 0 Å². The molecule has 0 atom stereocenters. The predicted octanol–water partition coefficient (Wildman–Crippen LogP) is 0.265. The number of pyridine rings is 1. The van der Waals surface area contributed by atoms with Crippen molar-refractivity contribution in [3.8, 4) is 5.75 Å². The fraction of sp³-hybridized carbons (Fsp3) is 0.250. The summed E-state index contributed by atoms with van der Waals surface area (Å²) in [5, 5.41) is 0. The second-order valence-corrected chi connectivity index (χ2v) is 4.27. The van der Waals surface area contributed by atoms with Gasteiger partial charge in [-0.25, -0.2) is 0 Å². The molecule has 0 radical (unpaired) electrons. The van der Waals surface area contributed by atoms with Crippen molar-refractivity contribution in [2.24, 2.45) is 0 Å². The average molecular weight is 231 g/mol. The second kappa shape index (κ2) is 4.85. The maximum Gasteiger partial charge on any atom is 0.312 e. The van der Waals surface area contributed by atoms with Gasteiger partial charge in [0.2, 0.25) is 0 Å². The number of carbonyl (C=O) groups excluding carboxylic acids is 1. The molecule has 1 N–H and O–H groups in total. The van der Waals surface area contributed by atoms with Gasteiger partial charge in [0, 0.05) is 12.4 Å². The van der Waals surface area contributed by atoms with Crippen LogP contribution in [-0.2, 0) is 14.9 Å². The third-order valence-electron chi connectivity index (χ3n) is 1.45. The number of nitrogens with zero attached hydrogens (tertiary/aromatic N) is 1. The summed E-state index contributed by atoms with van der Waals surface area (Å²) in [6, 6.07) is 2.93. The minimum absolute atomic E-state index is 0.283. The number of esters is 1. The number of rotatable bonds is 4. The van der Waals surface area contributed by atoms with E-state index in [0.29, 0.717) is 0 Å². The molecule has 0 fully saturated rings. The Labute approximate surface area is 86.6 Å². The highest BCUT2D eigenvalue weighted by Gasteiger charge is 2.11. The zero-order chi connectivity index (χ0) is 11.3. The second-order valence-electron chi connectivity index (χ2n) is 2.69. The van der Waals surface area contributed by atoms with E-state index in [9.17, 15) is 13.2 Å². The summed E-state index contributed by atoms with van der Waals surface area (Å²) < 4.78 is 33.8. The molecule has 15 heavy (non-hydrogen) atoms. The Balaban J connectivity index is 2.44. The van der Waals surface area contributed by atoms with Crippen molar-refractivity contribution >= 4 is 16.1 Å². The van der Waals surface area contributed by atoms with Crippen molar-refractivity contribution < 1.29 is 22.5 Å². The van der Waals surface area contributed by atoms with E-state index < -0.39 is 21.8 Å². The van der Waals surface area contributed by atoms with Crippen molar-refractivity contribution in [2.45, 2.75) is 6.42 Å². The molecule has 1 aromatic rings. The van der Waals surface area contributed by atoms with E-state index in [0.717, 1.165) is 0 Å². The maximum atomic E-state index is 11.0. The predicted molar refractivity (Wildman–Crippen MR) is 50.9 cm³/mol. The third-order valence-corrected chi connectivity index (χ3v) is 2.17. The van der Waals surface area contributed by atoms with Crippen LogP contribution >= 0.6 is 0 Å². The normalized spacial score (nSPS) is 11.0. The molecule has 0 aliphatic heterocycles. The molecule has 0 aliphatic carbocycles. The summed E-state index contributed by atoms with van der Waals surface area (Å²) >= 11 is 0. The Kier molecular flexibility index (Phi) is 3.75. The van der Waals surface area contributed by atoms with Gasteiger partial charge in [-0.2, -0.15) is 8.42 Å². The zero-order valence-corrected chi connectivity index (χ0v) is 8.48. The van der Waals surface area contributed by atoms with E-state index in [1.807, 2.05) is 0 Å². The Morgan fingerprint density at radius 1 is 1.40 bits per heavy atom. The summed E-state index contributed by atoms with van der Waals surface area (Å²) in [7, 11) is -4.12. The van der Waals surface area contributed by atoms with Gasteiger partial charge < -0.3 is 4.74 Å². The van der Waals surface area contributed by atoms with E-state index >= 15 is 0 Å². The molecule has 6 nitrogen and oxygen atoms in total. The van der Waals surface area contributed by atoms with E-state index in [-0.39, 0.29) is 12.2 Å². The number of carbonyl (C=O) groups is 1. The topological polar surface area (TPSA) is 93.6 Å². The lowest BCUT2D eigenvalue weighted by Crippen LogP contribution is -2.14. The van der Waals surface area contributed by atoms with E-state index in [4.69, 9.17) is 9.29 Å². The lowest BCUT2D eigenvalue weighted by molar-refractivity contribution is -0.133. The summed E-state index contributed by atoms with van der Waals surface area (Å²) in [6.45, 7) is 0. The van der Waals surface area contributed by atoms with Gasteiger partial charge in [-0.1, -0.05) is 0 Å². The lowest BCUT2D eigenvalue weighted by atomic mass is 10.4. The highest BCUT2D eigenvalue weighted by molar-refractivity contribution is 7.85. The van der Waals surface area contributed by atoms with Crippen LogP contribution in [0.5, 0.6) is 5.75 Å². The van der Waals surface area contributed by atoms with E-state index in [1.54, 1.807) is 0 Å². The SMILES string of the molecule is O=C(CCS(=O)(=O)O)Oc1ccncc1. The molecule has 1 rings (SSSR count). The van der Waals surface area contributed by atoms with Crippen LogP contribution < -0.4 is 4.74 Å². The molecule has 1 aromatic heterocycles. The maximum absolute atomic E-state index is 11.0. The van der Waals surface area contributed by atoms with Crippen LogP contribution in [0, 0.1) is 0 Å². The molecule has 0 amide bonds. The molecule has 0 unspecified atom stereocenters. The lowest BCUT2D eigenvalue weighted by Gasteiger charge is -2.02. The Bertz CT molecular complexity index is 428. The number of hydrogen-bond acceptors (Lipinski definition) is 5. The van der Waals surface area contributed by atoms with Gasteiger partial charge in [-0.3, -0.25) is 14.3 Å². The summed E-state index contributed by atoms with van der Waals surface area (Å²) in [5.41, 5.74) is 0.